The maximum absolute atomic E-state index is 12.7. The summed E-state index contributed by atoms with van der Waals surface area (Å²) in [5.74, 6) is -0.763. The Morgan fingerprint density at radius 1 is 1.11 bits per heavy atom. The largest absolute Gasteiger partial charge is 0.341 e. The molecule has 3 rings (SSSR count). The lowest BCUT2D eigenvalue weighted by Crippen LogP contribution is -2.30. The van der Waals surface area contributed by atoms with Gasteiger partial charge in [0.25, 0.3) is 17.7 Å². The normalized spacial score (nSPS) is 13.0. The quantitative estimate of drug-likeness (QED) is 0.708. The van der Waals surface area contributed by atoms with E-state index < -0.39 is 0 Å². The van der Waals surface area contributed by atoms with E-state index in [9.17, 15) is 14.4 Å². The van der Waals surface area contributed by atoms with Gasteiger partial charge in [0, 0.05) is 44.0 Å². The second-order valence-electron chi connectivity index (χ2n) is 6.67. The molecule has 140 valence electrons. The lowest BCUT2D eigenvalue weighted by atomic mass is 10.0. The number of carbonyl (C=O) groups excluding carboxylic acids is 3. The fraction of sp³-hybridized carbons (Fsp3) is 0.333. The summed E-state index contributed by atoms with van der Waals surface area (Å²) in [6, 6.07) is 10.4. The average Bonchev–Trinajstić information content (AvgIpc) is 2.94. The van der Waals surface area contributed by atoms with Gasteiger partial charge in [0.2, 0.25) is 0 Å². The van der Waals surface area contributed by atoms with Crippen molar-refractivity contribution in [1.82, 2.24) is 14.8 Å². The Bertz CT molecular complexity index is 864. The third-order valence-electron chi connectivity index (χ3n) is 4.73. The van der Waals surface area contributed by atoms with Crippen molar-refractivity contribution in [1.29, 1.82) is 0 Å². The van der Waals surface area contributed by atoms with Gasteiger partial charge < -0.3 is 4.90 Å². The summed E-state index contributed by atoms with van der Waals surface area (Å²) in [5.41, 5.74) is 2.03. The molecule has 0 unspecified atom stereocenters. The molecule has 1 aliphatic rings. The molecule has 6 heteroatoms. The molecular formula is C21H23N3O3. The van der Waals surface area contributed by atoms with Crippen LogP contribution in [0.3, 0.4) is 0 Å². The number of unbranched alkanes of at least 4 members (excludes halogenated alkanes) is 1. The summed E-state index contributed by atoms with van der Waals surface area (Å²) in [4.78, 5) is 44.8. The maximum atomic E-state index is 12.7. The molecule has 0 bridgehead atoms. The van der Waals surface area contributed by atoms with Crippen LogP contribution < -0.4 is 0 Å². The third-order valence-corrected chi connectivity index (χ3v) is 4.73. The SMILES string of the molecule is CCCCN1C(=O)c2ccc(C(=O)N(C)CCc3ccccn3)cc2C1=O. The van der Waals surface area contributed by atoms with Gasteiger partial charge in [-0.1, -0.05) is 19.4 Å². The van der Waals surface area contributed by atoms with Crippen molar-refractivity contribution >= 4 is 17.7 Å². The van der Waals surface area contributed by atoms with Gasteiger partial charge in [-0.3, -0.25) is 24.3 Å². The third kappa shape index (κ3) is 3.89. The van der Waals surface area contributed by atoms with Crippen LogP contribution in [0.25, 0.3) is 0 Å². The summed E-state index contributed by atoms with van der Waals surface area (Å²) in [5, 5.41) is 0. The molecule has 0 radical (unpaired) electrons. The van der Waals surface area contributed by atoms with Crippen LogP contribution in [-0.4, -0.2) is 52.6 Å². The highest BCUT2D eigenvalue weighted by atomic mass is 16.2. The highest BCUT2D eigenvalue weighted by Gasteiger charge is 2.35. The molecule has 2 aromatic rings. The zero-order chi connectivity index (χ0) is 19.4. The van der Waals surface area contributed by atoms with E-state index in [-0.39, 0.29) is 17.7 Å². The smallest absolute Gasteiger partial charge is 0.261 e. The van der Waals surface area contributed by atoms with Crippen LogP contribution in [0.2, 0.25) is 0 Å². The summed E-state index contributed by atoms with van der Waals surface area (Å²) in [6.45, 7) is 2.94. The summed E-state index contributed by atoms with van der Waals surface area (Å²) in [6.07, 6.45) is 4.05. The van der Waals surface area contributed by atoms with Gasteiger partial charge in [-0.25, -0.2) is 0 Å². The molecule has 0 spiro atoms. The number of aromatic nitrogens is 1. The molecule has 0 N–H and O–H groups in total. The van der Waals surface area contributed by atoms with Crippen LogP contribution in [0, 0.1) is 0 Å². The van der Waals surface area contributed by atoms with Crippen molar-refractivity contribution in [3.8, 4) is 0 Å². The molecule has 6 nitrogen and oxygen atoms in total. The summed E-state index contributed by atoms with van der Waals surface area (Å²) >= 11 is 0. The van der Waals surface area contributed by atoms with Gasteiger partial charge in [0.15, 0.2) is 0 Å². The van der Waals surface area contributed by atoms with Crippen LogP contribution in [0.5, 0.6) is 0 Å². The molecule has 3 amide bonds. The number of nitrogens with zero attached hydrogens (tertiary/aromatic N) is 3. The average molecular weight is 365 g/mol. The molecule has 2 heterocycles. The lowest BCUT2D eigenvalue weighted by Gasteiger charge is -2.17. The van der Waals surface area contributed by atoms with Crippen LogP contribution in [0.15, 0.2) is 42.6 Å². The van der Waals surface area contributed by atoms with E-state index in [1.165, 1.54) is 4.90 Å². The molecule has 1 aliphatic heterocycles. The fourth-order valence-electron chi connectivity index (χ4n) is 3.09. The van der Waals surface area contributed by atoms with Gasteiger partial charge in [0.05, 0.1) is 11.1 Å². The predicted molar refractivity (Wildman–Crippen MR) is 102 cm³/mol. The minimum absolute atomic E-state index is 0.180. The van der Waals surface area contributed by atoms with Gasteiger partial charge in [-0.15, -0.1) is 0 Å². The zero-order valence-electron chi connectivity index (χ0n) is 15.6. The van der Waals surface area contributed by atoms with Crippen LogP contribution in [0.1, 0.15) is 56.5 Å². The highest BCUT2D eigenvalue weighted by molar-refractivity contribution is 6.22. The van der Waals surface area contributed by atoms with Gasteiger partial charge >= 0.3 is 0 Å². The number of imide groups is 1. The number of hydrogen-bond donors (Lipinski definition) is 0. The second kappa shape index (κ2) is 8.12. The number of fused-ring (bicyclic) bond motifs is 1. The van der Waals surface area contributed by atoms with E-state index in [1.54, 1.807) is 36.3 Å². The molecular weight excluding hydrogens is 342 g/mol. The van der Waals surface area contributed by atoms with Crippen molar-refractivity contribution in [2.75, 3.05) is 20.1 Å². The Labute approximate surface area is 158 Å². The van der Waals surface area contributed by atoms with E-state index in [1.807, 2.05) is 25.1 Å². The Morgan fingerprint density at radius 3 is 2.59 bits per heavy atom. The monoisotopic (exact) mass is 365 g/mol. The van der Waals surface area contributed by atoms with E-state index >= 15 is 0 Å². The second-order valence-corrected chi connectivity index (χ2v) is 6.67. The zero-order valence-corrected chi connectivity index (χ0v) is 15.6. The van der Waals surface area contributed by atoms with E-state index in [2.05, 4.69) is 4.98 Å². The number of amides is 3. The Morgan fingerprint density at radius 2 is 1.89 bits per heavy atom. The number of carbonyl (C=O) groups is 3. The van der Waals surface area contributed by atoms with Crippen molar-refractivity contribution < 1.29 is 14.4 Å². The summed E-state index contributed by atoms with van der Waals surface area (Å²) in [7, 11) is 1.72. The minimum Gasteiger partial charge on any atom is -0.341 e. The van der Waals surface area contributed by atoms with Crippen molar-refractivity contribution in [3.05, 3.63) is 65.0 Å². The van der Waals surface area contributed by atoms with Crippen molar-refractivity contribution in [2.24, 2.45) is 0 Å². The maximum Gasteiger partial charge on any atom is 0.261 e. The molecule has 1 aromatic carbocycles. The lowest BCUT2D eigenvalue weighted by molar-refractivity contribution is 0.0652. The van der Waals surface area contributed by atoms with Gasteiger partial charge in [-0.05, 0) is 36.8 Å². The molecule has 0 atom stereocenters. The molecule has 1 aromatic heterocycles. The van der Waals surface area contributed by atoms with Crippen LogP contribution in [0.4, 0.5) is 0 Å². The van der Waals surface area contributed by atoms with E-state index in [4.69, 9.17) is 0 Å². The molecule has 0 aliphatic carbocycles. The van der Waals surface area contributed by atoms with Crippen LogP contribution >= 0.6 is 0 Å². The minimum atomic E-state index is -0.311. The molecule has 0 fully saturated rings. The number of pyridine rings is 1. The number of benzene rings is 1. The molecule has 27 heavy (non-hydrogen) atoms. The topological polar surface area (TPSA) is 70.6 Å². The number of likely N-dealkylation sites (N-methyl/N-ethyl adjacent to an activating group) is 1. The van der Waals surface area contributed by atoms with Crippen molar-refractivity contribution in [3.63, 3.8) is 0 Å². The Hall–Kier alpha value is -3.02. The fourth-order valence-corrected chi connectivity index (χ4v) is 3.09. The number of hydrogen-bond acceptors (Lipinski definition) is 4. The first-order chi connectivity index (χ1) is 13.0. The van der Waals surface area contributed by atoms with Gasteiger partial charge in [0.1, 0.15) is 0 Å². The summed E-state index contributed by atoms with van der Waals surface area (Å²) < 4.78 is 0. The first kappa shape index (κ1) is 18.8. The van der Waals surface area contributed by atoms with E-state index in [0.717, 1.165) is 18.5 Å². The molecule has 0 saturated carbocycles. The molecule has 0 saturated heterocycles. The highest BCUT2D eigenvalue weighted by Crippen LogP contribution is 2.25. The first-order valence-electron chi connectivity index (χ1n) is 9.18. The van der Waals surface area contributed by atoms with E-state index in [0.29, 0.717) is 36.2 Å². The Kier molecular flexibility index (Phi) is 5.64. The number of rotatable bonds is 7. The Balaban J connectivity index is 1.71. The standard InChI is InChI=1S/C21H23N3O3/c1-3-4-12-24-20(26)17-9-8-15(14-18(17)21(24)27)19(25)23(2)13-10-16-7-5-6-11-22-16/h5-9,11,14H,3-4,10,12-13H2,1-2H3. The predicted octanol–water partition coefficient (Wildman–Crippen LogP) is 2.79. The van der Waals surface area contributed by atoms with Gasteiger partial charge in [-0.2, -0.15) is 0 Å². The first-order valence-corrected chi connectivity index (χ1v) is 9.18. The van der Waals surface area contributed by atoms with Crippen molar-refractivity contribution in [2.45, 2.75) is 26.2 Å². The van der Waals surface area contributed by atoms with Crippen LogP contribution in [-0.2, 0) is 6.42 Å².